The highest BCUT2D eigenvalue weighted by Gasteiger charge is 2.52. The van der Waals surface area contributed by atoms with E-state index >= 15 is 0 Å². The first kappa shape index (κ1) is 18.5. The molecular formula is C16H20N2O7S. The first-order valence-corrected chi connectivity index (χ1v) is 9.58. The molecule has 2 heterocycles. The number of carbonyl (C=O) groups is 2. The van der Waals surface area contributed by atoms with Crippen LogP contribution in [0.5, 0.6) is 5.75 Å². The van der Waals surface area contributed by atoms with Crippen LogP contribution < -0.4 is 4.74 Å². The van der Waals surface area contributed by atoms with Crippen molar-refractivity contribution in [2.75, 3.05) is 20.2 Å². The number of sulfonamides is 1. The molecule has 142 valence electrons. The zero-order valence-electron chi connectivity index (χ0n) is 14.1. The molecule has 2 N–H and O–H groups in total. The van der Waals surface area contributed by atoms with Gasteiger partial charge in [-0.2, -0.15) is 4.31 Å². The monoisotopic (exact) mass is 384 g/mol. The van der Waals surface area contributed by atoms with Gasteiger partial charge in [-0.3, -0.25) is 4.79 Å². The molecule has 2 saturated heterocycles. The summed E-state index contributed by atoms with van der Waals surface area (Å²) in [5.74, 6) is -0.925. The Hall–Kier alpha value is -2.33. The Morgan fingerprint density at radius 1 is 1.19 bits per heavy atom. The van der Waals surface area contributed by atoms with Crippen LogP contribution in [-0.4, -0.2) is 72.2 Å². The van der Waals surface area contributed by atoms with Crippen molar-refractivity contribution in [3.8, 4) is 5.75 Å². The fourth-order valence-corrected chi connectivity index (χ4v) is 5.59. The second-order valence-corrected chi connectivity index (χ2v) is 8.29. The van der Waals surface area contributed by atoms with Gasteiger partial charge >= 0.3 is 12.1 Å². The first-order chi connectivity index (χ1) is 12.3. The molecule has 2 aliphatic rings. The lowest BCUT2D eigenvalue weighted by molar-refractivity contribution is -0.141. The quantitative estimate of drug-likeness (QED) is 0.790. The molecule has 0 aliphatic carbocycles. The maximum Gasteiger partial charge on any atom is 0.407 e. The van der Waals surface area contributed by atoms with E-state index < -0.39 is 34.2 Å². The van der Waals surface area contributed by atoms with Gasteiger partial charge in [0.05, 0.1) is 12.0 Å². The van der Waals surface area contributed by atoms with E-state index in [1.807, 2.05) is 0 Å². The fourth-order valence-electron chi connectivity index (χ4n) is 3.76. The summed E-state index contributed by atoms with van der Waals surface area (Å²) in [6.45, 7) is 0.248. The summed E-state index contributed by atoms with van der Waals surface area (Å²) < 4.78 is 32.3. The van der Waals surface area contributed by atoms with Gasteiger partial charge in [0.25, 0.3) is 0 Å². The molecule has 9 nitrogen and oxygen atoms in total. The molecule has 26 heavy (non-hydrogen) atoms. The molecule has 1 amide bonds. The van der Waals surface area contributed by atoms with Crippen LogP contribution in [0.1, 0.15) is 12.8 Å². The Kier molecular flexibility index (Phi) is 4.80. The molecular weight excluding hydrogens is 364 g/mol. The van der Waals surface area contributed by atoms with Crippen molar-refractivity contribution in [1.29, 1.82) is 0 Å². The van der Waals surface area contributed by atoms with Crippen LogP contribution in [0.4, 0.5) is 4.79 Å². The molecule has 0 saturated carbocycles. The van der Waals surface area contributed by atoms with Crippen molar-refractivity contribution >= 4 is 22.1 Å². The summed E-state index contributed by atoms with van der Waals surface area (Å²) in [6.07, 6.45) is -0.512. The number of ether oxygens (including phenoxy) is 1. The highest BCUT2D eigenvalue weighted by Crippen LogP contribution is 2.39. The molecule has 2 fully saturated rings. The van der Waals surface area contributed by atoms with E-state index in [1.165, 1.54) is 31.4 Å². The molecule has 10 heteroatoms. The van der Waals surface area contributed by atoms with Gasteiger partial charge < -0.3 is 19.8 Å². The smallest absolute Gasteiger partial charge is 0.407 e. The van der Waals surface area contributed by atoms with Crippen LogP contribution in [0.3, 0.4) is 0 Å². The maximum atomic E-state index is 13.1. The zero-order valence-corrected chi connectivity index (χ0v) is 14.9. The van der Waals surface area contributed by atoms with Gasteiger partial charge in [-0.1, -0.05) is 0 Å². The predicted octanol–water partition coefficient (Wildman–Crippen LogP) is 0.911. The number of methoxy groups -OCH3 is 1. The van der Waals surface area contributed by atoms with Crippen LogP contribution in [0.15, 0.2) is 29.2 Å². The molecule has 1 aromatic carbocycles. The van der Waals surface area contributed by atoms with Crippen molar-refractivity contribution in [3.05, 3.63) is 24.3 Å². The number of likely N-dealkylation sites (tertiary alicyclic amines) is 1. The topological polar surface area (TPSA) is 124 Å². The van der Waals surface area contributed by atoms with Gasteiger partial charge in [0, 0.05) is 19.1 Å². The Morgan fingerprint density at radius 2 is 1.85 bits per heavy atom. The molecule has 0 radical (unpaired) electrons. The predicted molar refractivity (Wildman–Crippen MR) is 89.6 cm³/mol. The number of hydrogen-bond donors (Lipinski definition) is 2. The summed E-state index contributed by atoms with van der Waals surface area (Å²) in [5.41, 5.74) is 0. The number of carboxylic acid groups (broad SMARTS) is 2. The molecule has 2 aliphatic heterocycles. The van der Waals surface area contributed by atoms with Crippen molar-refractivity contribution in [3.63, 3.8) is 0 Å². The third kappa shape index (κ3) is 3.10. The van der Waals surface area contributed by atoms with E-state index in [9.17, 15) is 28.2 Å². The van der Waals surface area contributed by atoms with E-state index in [0.717, 1.165) is 9.21 Å². The maximum absolute atomic E-state index is 13.1. The van der Waals surface area contributed by atoms with Crippen LogP contribution in [0.25, 0.3) is 0 Å². The number of rotatable bonds is 4. The minimum absolute atomic E-state index is 0.0286. The molecule has 3 rings (SSSR count). The van der Waals surface area contributed by atoms with Crippen LogP contribution in [0, 0.1) is 5.92 Å². The average Bonchev–Trinajstić information content (AvgIpc) is 3.01. The molecule has 0 bridgehead atoms. The fraction of sp³-hybridized carbons (Fsp3) is 0.500. The van der Waals surface area contributed by atoms with Crippen molar-refractivity contribution in [1.82, 2.24) is 9.21 Å². The largest absolute Gasteiger partial charge is 0.497 e. The lowest BCUT2D eigenvalue weighted by atomic mass is 9.92. The molecule has 0 aromatic heterocycles. The summed E-state index contributed by atoms with van der Waals surface area (Å²) in [6, 6.07) is 3.80. The molecule has 1 aromatic rings. The summed E-state index contributed by atoms with van der Waals surface area (Å²) in [4.78, 5) is 24.1. The van der Waals surface area contributed by atoms with Crippen LogP contribution in [0.2, 0.25) is 0 Å². The molecule has 0 spiro atoms. The molecule has 3 atom stereocenters. The van der Waals surface area contributed by atoms with Crippen LogP contribution >= 0.6 is 0 Å². The lowest BCUT2D eigenvalue weighted by Crippen LogP contribution is -2.53. The van der Waals surface area contributed by atoms with E-state index in [-0.39, 0.29) is 30.3 Å². The van der Waals surface area contributed by atoms with Crippen molar-refractivity contribution in [2.45, 2.75) is 29.8 Å². The zero-order chi connectivity index (χ0) is 19.1. The first-order valence-electron chi connectivity index (χ1n) is 8.14. The number of piperidine rings is 1. The van der Waals surface area contributed by atoms with Crippen molar-refractivity contribution < 1.29 is 33.0 Å². The standard InChI is InChI=1S/C16H20N2O7S/c1-25-11-2-4-12(5-3-11)26(23,24)18-13(15(19)20)8-10-6-7-17(16(21)22)9-14(10)18/h2-5,10,13-14H,6-9H2,1H3,(H,19,20)(H,21,22)/t10-,13-,14-/m0/s1. The number of nitrogens with zero attached hydrogens (tertiary/aromatic N) is 2. The highest BCUT2D eigenvalue weighted by molar-refractivity contribution is 7.89. The number of amides is 1. The normalized spacial score (nSPS) is 26.3. The van der Waals surface area contributed by atoms with Gasteiger partial charge in [-0.05, 0) is 43.0 Å². The second-order valence-electron chi connectivity index (χ2n) is 6.44. The summed E-state index contributed by atoms with van der Waals surface area (Å²) in [7, 11) is -2.64. The summed E-state index contributed by atoms with van der Waals surface area (Å²) in [5, 5.41) is 18.8. The van der Waals surface area contributed by atoms with Gasteiger partial charge in [-0.15, -0.1) is 0 Å². The van der Waals surface area contributed by atoms with Gasteiger partial charge in [0.15, 0.2) is 0 Å². The average molecular weight is 384 g/mol. The Labute approximate surface area is 150 Å². The SMILES string of the molecule is COc1ccc(S(=O)(=O)N2[C@H](C(=O)O)C[C@@H]3CCN(C(=O)O)C[C@@H]32)cc1. The van der Waals surface area contributed by atoms with E-state index in [1.54, 1.807) is 0 Å². The number of fused-ring (bicyclic) bond motifs is 1. The Bertz CT molecular complexity index is 808. The Morgan fingerprint density at radius 3 is 2.38 bits per heavy atom. The van der Waals surface area contributed by atoms with E-state index in [4.69, 9.17) is 4.74 Å². The highest BCUT2D eigenvalue weighted by atomic mass is 32.2. The minimum Gasteiger partial charge on any atom is -0.497 e. The number of benzene rings is 1. The Balaban J connectivity index is 1.99. The summed E-state index contributed by atoms with van der Waals surface area (Å²) >= 11 is 0. The van der Waals surface area contributed by atoms with E-state index in [2.05, 4.69) is 0 Å². The van der Waals surface area contributed by atoms with Gasteiger partial charge in [0.1, 0.15) is 11.8 Å². The third-order valence-electron chi connectivity index (χ3n) is 5.07. The van der Waals surface area contributed by atoms with E-state index in [0.29, 0.717) is 12.2 Å². The van der Waals surface area contributed by atoms with Gasteiger partial charge in [0.2, 0.25) is 10.0 Å². The number of carboxylic acids is 1. The van der Waals surface area contributed by atoms with Crippen molar-refractivity contribution in [2.24, 2.45) is 5.92 Å². The lowest BCUT2D eigenvalue weighted by Gasteiger charge is -2.37. The molecule has 0 unspecified atom stereocenters. The van der Waals surface area contributed by atoms with Crippen LogP contribution in [-0.2, 0) is 14.8 Å². The van der Waals surface area contributed by atoms with Gasteiger partial charge in [-0.25, -0.2) is 13.2 Å². The minimum atomic E-state index is -4.10. The number of hydrogen-bond acceptors (Lipinski definition) is 5. The second kappa shape index (κ2) is 6.76. The third-order valence-corrected chi connectivity index (χ3v) is 7.02. The number of aliphatic carboxylic acids is 1.